The van der Waals surface area contributed by atoms with Gasteiger partial charge in [-0.25, -0.2) is 0 Å². The second kappa shape index (κ2) is 17.8. The summed E-state index contributed by atoms with van der Waals surface area (Å²) >= 11 is 0. The van der Waals surface area contributed by atoms with E-state index in [1.807, 2.05) is 63.2 Å². The molecule has 0 amide bonds. The van der Waals surface area contributed by atoms with Crippen molar-refractivity contribution in [1.82, 2.24) is 10.2 Å². The summed E-state index contributed by atoms with van der Waals surface area (Å²) in [7, 11) is 3.77. The number of nitrogens with one attached hydrogen (secondary N) is 1. The normalized spacial score (nSPS) is 43.8. The number of nitrogens with zero attached hydrogens (tertiary/aromatic N) is 1. The molecule has 3 fully saturated rings. The lowest BCUT2D eigenvalue weighted by Gasteiger charge is -2.48. The van der Waals surface area contributed by atoms with Gasteiger partial charge in [0.15, 0.2) is 6.29 Å². The molecule has 1 aromatic rings. The molecule has 3 heterocycles. The molecule has 3 saturated heterocycles. The predicted octanol–water partition coefficient (Wildman–Crippen LogP) is 2.44. The highest BCUT2D eigenvalue weighted by atomic mass is 16.7. The number of esters is 1. The van der Waals surface area contributed by atoms with Crippen molar-refractivity contribution in [2.75, 3.05) is 33.9 Å². The van der Waals surface area contributed by atoms with Crippen LogP contribution in [0.2, 0.25) is 0 Å². The van der Waals surface area contributed by atoms with Crippen molar-refractivity contribution in [2.24, 2.45) is 23.7 Å². The number of rotatable bonds is 8. The molecule has 302 valence electrons. The van der Waals surface area contributed by atoms with Crippen LogP contribution in [0.4, 0.5) is 0 Å². The lowest BCUT2D eigenvalue weighted by atomic mass is 9.74. The number of aliphatic hydroxyl groups is 4. The van der Waals surface area contributed by atoms with E-state index in [1.54, 1.807) is 34.6 Å². The fraction of sp³-hybridized carbons (Fsp3) is 0.800. The molecule has 1 unspecified atom stereocenters. The van der Waals surface area contributed by atoms with Crippen molar-refractivity contribution in [2.45, 2.75) is 147 Å². The molecule has 3 aliphatic heterocycles. The van der Waals surface area contributed by atoms with Gasteiger partial charge in [0.2, 0.25) is 0 Å². The van der Waals surface area contributed by atoms with E-state index in [0.717, 1.165) is 5.56 Å². The van der Waals surface area contributed by atoms with E-state index in [2.05, 4.69) is 5.32 Å². The summed E-state index contributed by atoms with van der Waals surface area (Å²) in [5.41, 5.74) is -3.84. The van der Waals surface area contributed by atoms with Crippen molar-refractivity contribution < 1.29 is 53.7 Å². The third kappa shape index (κ3) is 10.0. The smallest absolute Gasteiger partial charge is 0.311 e. The van der Waals surface area contributed by atoms with Gasteiger partial charge >= 0.3 is 5.97 Å². The van der Waals surface area contributed by atoms with Crippen LogP contribution in [0.15, 0.2) is 30.3 Å². The summed E-state index contributed by atoms with van der Waals surface area (Å²) in [5, 5.41) is 50.1. The minimum absolute atomic E-state index is 0.0752. The Bertz CT molecular complexity index is 1350. The summed E-state index contributed by atoms with van der Waals surface area (Å²) in [6, 6.07) is 9.48. The first kappa shape index (κ1) is 43.7. The molecule has 0 aromatic heterocycles. The molecular formula is C40H66N2O11. The number of Topliss-reactive ketones (excluding diaryl/α,β-unsaturated/α-hetero) is 1. The van der Waals surface area contributed by atoms with Gasteiger partial charge in [-0.1, -0.05) is 58.0 Å². The quantitative estimate of drug-likeness (QED) is 0.245. The van der Waals surface area contributed by atoms with Gasteiger partial charge in [-0.2, -0.15) is 0 Å². The van der Waals surface area contributed by atoms with Gasteiger partial charge in [0.05, 0.1) is 49.1 Å². The summed E-state index contributed by atoms with van der Waals surface area (Å²) < 4.78 is 32.4. The Kier molecular flexibility index (Phi) is 14.7. The molecule has 0 spiro atoms. The number of hydrogen-bond acceptors (Lipinski definition) is 13. The monoisotopic (exact) mass is 750 g/mol. The molecule has 53 heavy (non-hydrogen) atoms. The van der Waals surface area contributed by atoms with E-state index in [-0.39, 0.29) is 50.5 Å². The molecular weight excluding hydrogens is 684 g/mol. The first-order chi connectivity index (χ1) is 24.7. The molecule has 3 aliphatic rings. The molecule has 0 radical (unpaired) electrons. The number of carbonyl (C=O) groups excluding carboxylic acids is 2. The van der Waals surface area contributed by atoms with E-state index in [4.69, 9.17) is 23.7 Å². The summed E-state index contributed by atoms with van der Waals surface area (Å²) in [5.74, 6) is -4.38. The van der Waals surface area contributed by atoms with Crippen LogP contribution in [-0.4, -0.2) is 137 Å². The van der Waals surface area contributed by atoms with E-state index >= 15 is 0 Å². The van der Waals surface area contributed by atoms with Crippen molar-refractivity contribution >= 4 is 11.8 Å². The van der Waals surface area contributed by atoms with Crippen LogP contribution in [0.1, 0.15) is 80.2 Å². The fourth-order valence-corrected chi connectivity index (χ4v) is 8.54. The molecule has 0 aliphatic carbocycles. The van der Waals surface area contributed by atoms with Crippen molar-refractivity contribution in [3.8, 4) is 0 Å². The summed E-state index contributed by atoms with van der Waals surface area (Å²) in [6.45, 7) is 13.8. The van der Waals surface area contributed by atoms with Crippen LogP contribution in [-0.2, 0) is 39.8 Å². The number of benzene rings is 1. The molecule has 2 bridgehead atoms. The van der Waals surface area contributed by atoms with Gasteiger partial charge in [-0.15, -0.1) is 0 Å². The van der Waals surface area contributed by atoms with Crippen molar-refractivity contribution in [3.63, 3.8) is 0 Å². The van der Waals surface area contributed by atoms with E-state index < -0.39 is 83.3 Å². The average Bonchev–Trinajstić information content (AvgIpc) is 3.14. The third-order valence-electron chi connectivity index (χ3n) is 11.9. The molecule has 13 nitrogen and oxygen atoms in total. The van der Waals surface area contributed by atoms with Crippen molar-refractivity contribution in [1.29, 1.82) is 0 Å². The molecule has 1 aromatic carbocycles. The zero-order valence-corrected chi connectivity index (χ0v) is 33.4. The molecule has 0 saturated carbocycles. The van der Waals surface area contributed by atoms with Gasteiger partial charge in [0, 0.05) is 36.9 Å². The minimum atomic E-state index is -1.94. The molecule has 4 rings (SSSR count). The van der Waals surface area contributed by atoms with Crippen LogP contribution < -0.4 is 5.32 Å². The maximum Gasteiger partial charge on any atom is 0.311 e. The van der Waals surface area contributed by atoms with Crippen LogP contribution >= 0.6 is 0 Å². The SMILES string of the molecule is CC[C@H]1OC(=O)[C@H](C)[C@H]2OCC(O)(CNCc3ccccc3)CO[C@](C)(C[C@@H](C)C(=O)[C@H](C)[C@H](O)[C@]1(C)O)[C@H](O[C@H]1O[C@H](C)C[C@H](N(C)C)[C@H]1O)[C@@H]2C. The Labute approximate surface area is 315 Å². The maximum atomic E-state index is 14.1. The van der Waals surface area contributed by atoms with Crippen molar-refractivity contribution in [3.05, 3.63) is 35.9 Å². The Morgan fingerprint density at radius 2 is 1.64 bits per heavy atom. The first-order valence-corrected chi connectivity index (χ1v) is 19.3. The highest BCUT2D eigenvalue weighted by Gasteiger charge is 2.54. The van der Waals surface area contributed by atoms with Crippen LogP contribution in [0.5, 0.6) is 0 Å². The standard InChI is InChI=1S/C40H66N2O11/c1-11-30-39(8,47)34(45)25(4)31(43)23(2)18-38(7)35(53-37-32(44)29(42(9)10)17-24(3)51-37)26(5)33(27(6)36(46)52-30)49-21-40(48,22-50-38)20-41-19-28-15-13-12-14-16-28/h12-16,23-27,29-30,32-35,37,41,44-45,47-48H,11,17-22H2,1-10H3/t23-,24-,25+,26-,27-,29+,30-,32-,33+,34+,35-,37-,38-,39-,40?/m1/s1. The predicted molar refractivity (Wildman–Crippen MR) is 198 cm³/mol. The minimum Gasteiger partial charge on any atom is -0.459 e. The summed E-state index contributed by atoms with van der Waals surface area (Å²) in [4.78, 5) is 30.1. The number of carbonyl (C=O) groups is 2. The van der Waals surface area contributed by atoms with Crippen LogP contribution in [0.25, 0.3) is 0 Å². The Morgan fingerprint density at radius 3 is 2.26 bits per heavy atom. The Balaban J connectivity index is 1.83. The average molecular weight is 751 g/mol. The first-order valence-electron chi connectivity index (χ1n) is 19.3. The highest BCUT2D eigenvalue weighted by Crippen LogP contribution is 2.41. The number of fused-ring (bicyclic) bond motifs is 3. The largest absolute Gasteiger partial charge is 0.459 e. The highest BCUT2D eigenvalue weighted by molar-refractivity contribution is 5.83. The zero-order chi connectivity index (χ0) is 39.5. The molecule has 13 heteroatoms. The van der Waals surface area contributed by atoms with Gasteiger partial charge in [0.25, 0.3) is 0 Å². The summed E-state index contributed by atoms with van der Waals surface area (Å²) in [6.07, 6.45) is -6.13. The van der Waals surface area contributed by atoms with E-state index in [1.165, 1.54) is 6.92 Å². The lowest BCUT2D eigenvalue weighted by molar-refractivity contribution is -0.303. The maximum absolute atomic E-state index is 14.1. The number of ketones is 1. The number of likely N-dealkylation sites (N-methyl/N-ethyl adjacent to an activating group) is 1. The zero-order valence-electron chi connectivity index (χ0n) is 33.4. The van der Waals surface area contributed by atoms with Gasteiger partial charge < -0.3 is 54.3 Å². The number of aliphatic hydroxyl groups excluding tert-OH is 2. The van der Waals surface area contributed by atoms with Crippen LogP contribution in [0, 0.1) is 23.7 Å². The van der Waals surface area contributed by atoms with E-state index in [0.29, 0.717) is 13.0 Å². The lowest BCUT2D eigenvalue weighted by Crippen LogP contribution is -2.60. The van der Waals surface area contributed by atoms with Gasteiger partial charge in [-0.05, 0) is 66.6 Å². The Morgan fingerprint density at radius 1 is 0.981 bits per heavy atom. The van der Waals surface area contributed by atoms with Gasteiger partial charge in [0.1, 0.15) is 29.2 Å². The molecule has 5 N–H and O–H groups in total. The van der Waals surface area contributed by atoms with Crippen LogP contribution in [0.3, 0.4) is 0 Å². The number of hydrogen-bond donors (Lipinski definition) is 5. The topological polar surface area (TPSA) is 176 Å². The Hall–Kier alpha value is -2.04. The second-order valence-electron chi connectivity index (χ2n) is 16.8. The fourth-order valence-electron chi connectivity index (χ4n) is 8.54. The third-order valence-corrected chi connectivity index (χ3v) is 11.9. The number of cyclic esters (lactones) is 1. The number of ether oxygens (including phenoxy) is 5. The second-order valence-corrected chi connectivity index (χ2v) is 16.8. The molecule has 15 atom stereocenters. The van der Waals surface area contributed by atoms with E-state index in [9.17, 15) is 30.0 Å². The van der Waals surface area contributed by atoms with Gasteiger partial charge in [-0.3, -0.25) is 9.59 Å².